The van der Waals surface area contributed by atoms with Gasteiger partial charge in [-0.3, -0.25) is 0 Å². The van der Waals surface area contributed by atoms with E-state index in [0.29, 0.717) is 11.1 Å². The number of aromatic nitrogens is 2. The van der Waals surface area contributed by atoms with E-state index in [-0.39, 0.29) is 0 Å². The lowest BCUT2D eigenvalue weighted by atomic mass is 10.3. The Morgan fingerprint density at radius 1 is 1.25 bits per heavy atom. The van der Waals surface area contributed by atoms with Gasteiger partial charge < -0.3 is 4.74 Å². The first kappa shape index (κ1) is 13.7. The van der Waals surface area contributed by atoms with Crippen LogP contribution < -0.4 is 4.74 Å². The lowest BCUT2D eigenvalue weighted by Crippen LogP contribution is -1.98. The Morgan fingerprint density at radius 2 is 2.00 bits per heavy atom. The number of hydrogen-bond donors (Lipinski definition) is 0. The van der Waals surface area contributed by atoms with Crippen molar-refractivity contribution in [3.63, 3.8) is 0 Å². The van der Waals surface area contributed by atoms with Crippen molar-refractivity contribution in [1.29, 1.82) is 0 Å². The van der Waals surface area contributed by atoms with Gasteiger partial charge in [-0.1, -0.05) is 35.5 Å². The standard InChI is InChI=1S/C15H15ClN2OS/c1-9-13(16)17-14(10-7-8-10)18-15(9)20-12-6-4-3-5-11(12)19-2/h3-6,10H,7-8H2,1-2H3. The molecule has 3 rings (SSSR count). The third-order valence-corrected chi connectivity index (χ3v) is 4.79. The molecule has 0 bridgehead atoms. The van der Waals surface area contributed by atoms with Crippen LogP contribution in [0.5, 0.6) is 5.75 Å². The predicted octanol–water partition coefficient (Wildman–Crippen LogP) is 4.48. The van der Waals surface area contributed by atoms with Gasteiger partial charge in [-0.25, -0.2) is 9.97 Å². The molecule has 0 atom stereocenters. The van der Waals surface area contributed by atoms with Crippen molar-refractivity contribution in [2.45, 2.75) is 35.6 Å². The molecule has 1 aromatic carbocycles. The van der Waals surface area contributed by atoms with Crippen molar-refractivity contribution in [2.75, 3.05) is 7.11 Å². The molecule has 1 aliphatic rings. The molecule has 1 aliphatic carbocycles. The monoisotopic (exact) mass is 306 g/mol. The number of ether oxygens (including phenoxy) is 1. The van der Waals surface area contributed by atoms with Gasteiger partial charge in [0.25, 0.3) is 0 Å². The molecule has 20 heavy (non-hydrogen) atoms. The fraction of sp³-hybridized carbons (Fsp3) is 0.333. The summed E-state index contributed by atoms with van der Waals surface area (Å²) in [4.78, 5) is 10.1. The Kier molecular flexibility index (Phi) is 3.85. The van der Waals surface area contributed by atoms with Crippen LogP contribution in [-0.2, 0) is 0 Å². The van der Waals surface area contributed by atoms with Crippen molar-refractivity contribution >= 4 is 23.4 Å². The van der Waals surface area contributed by atoms with Crippen LogP contribution in [-0.4, -0.2) is 17.1 Å². The van der Waals surface area contributed by atoms with E-state index in [2.05, 4.69) is 9.97 Å². The molecular formula is C15H15ClN2OS. The first-order chi connectivity index (χ1) is 9.69. The molecule has 0 aliphatic heterocycles. The maximum absolute atomic E-state index is 6.24. The molecule has 0 spiro atoms. The molecule has 104 valence electrons. The Hall–Kier alpha value is -1.26. The number of hydrogen-bond acceptors (Lipinski definition) is 4. The van der Waals surface area contributed by atoms with Gasteiger partial charge >= 0.3 is 0 Å². The van der Waals surface area contributed by atoms with Gasteiger partial charge in [0, 0.05) is 11.5 Å². The van der Waals surface area contributed by atoms with Crippen molar-refractivity contribution in [1.82, 2.24) is 9.97 Å². The lowest BCUT2D eigenvalue weighted by Gasteiger charge is -2.10. The average molecular weight is 307 g/mol. The van der Waals surface area contributed by atoms with Gasteiger partial charge in [-0.2, -0.15) is 0 Å². The van der Waals surface area contributed by atoms with E-state index >= 15 is 0 Å². The van der Waals surface area contributed by atoms with Crippen molar-refractivity contribution < 1.29 is 4.74 Å². The van der Waals surface area contributed by atoms with Gasteiger partial charge in [0.05, 0.1) is 12.0 Å². The van der Waals surface area contributed by atoms with Gasteiger partial charge in [0.2, 0.25) is 0 Å². The number of halogens is 1. The summed E-state index contributed by atoms with van der Waals surface area (Å²) in [5, 5.41) is 1.47. The number of para-hydroxylation sites is 1. The maximum atomic E-state index is 6.24. The highest BCUT2D eigenvalue weighted by molar-refractivity contribution is 7.99. The van der Waals surface area contributed by atoms with E-state index in [9.17, 15) is 0 Å². The fourth-order valence-corrected chi connectivity index (χ4v) is 3.14. The second kappa shape index (κ2) is 5.62. The topological polar surface area (TPSA) is 35.0 Å². The molecule has 3 nitrogen and oxygen atoms in total. The molecule has 0 radical (unpaired) electrons. The van der Waals surface area contributed by atoms with Gasteiger partial charge in [-0.05, 0) is 31.9 Å². The molecule has 0 N–H and O–H groups in total. The third-order valence-electron chi connectivity index (χ3n) is 3.28. The summed E-state index contributed by atoms with van der Waals surface area (Å²) >= 11 is 7.81. The smallest absolute Gasteiger partial charge is 0.136 e. The first-order valence-electron chi connectivity index (χ1n) is 6.54. The molecule has 0 amide bonds. The molecular weight excluding hydrogens is 292 g/mol. The average Bonchev–Trinajstić information content (AvgIpc) is 3.28. The van der Waals surface area contributed by atoms with Crippen LogP contribution in [0, 0.1) is 6.92 Å². The molecule has 1 aromatic heterocycles. The maximum Gasteiger partial charge on any atom is 0.136 e. The zero-order valence-corrected chi connectivity index (χ0v) is 13.0. The van der Waals surface area contributed by atoms with Crippen molar-refractivity contribution in [3.8, 4) is 5.75 Å². The lowest BCUT2D eigenvalue weighted by molar-refractivity contribution is 0.405. The second-order valence-electron chi connectivity index (χ2n) is 4.83. The zero-order valence-electron chi connectivity index (χ0n) is 11.4. The van der Waals surface area contributed by atoms with E-state index in [1.165, 1.54) is 0 Å². The summed E-state index contributed by atoms with van der Waals surface area (Å²) in [6, 6.07) is 7.92. The number of nitrogens with zero attached hydrogens (tertiary/aromatic N) is 2. The van der Waals surface area contributed by atoms with Gasteiger partial charge in [-0.15, -0.1) is 0 Å². The molecule has 0 saturated heterocycles. The first-order valence-corrected chi connectivity index (χ1v) is 7.73. The quantitative estimate of drug-likeness (QED) is 0.780. The highest BCUT2D eigenvalue weighted by Crippen LogP contribution is 2.41. The van der Waals surface area contributed by atoms with Crippen LogP contribution in [0.15, 0.2) is 34.2 Å². The summed E-state index contributed by atoms with van der Waals surface area (Å²) in [6.07, 6.45) is 2.33. The van der Waals surface area contributed by atoms with Crippen LogP contribution in [0.1, 0.15) is 30.1 Å². The Labute approximate surface area is 127 Å². The number of methoxy groups -OCH3 is 1. The molecule has 1 fully saturated rings. The molecule has 5 heteroatoms. The van der Waals surface area contributed by atoms with Gasteiger partial charge in [0.1, 0.15) is 21.8 Å². The van der Waals surface area contributed by atoms with E-state index in [0.717, 1.165) is 39.9 Å². The van der Waals surface area contributed by atoms with E-state index in [1.807, 2.05) is 31.2 Å². The highest BCUT2D eigenvalue weighted by Gasteiger charge is 2.28. The van der Waals surface area contributed by atoms with Crippen LogP contribution in [0.25, 0.3) is 0 Å². The highest BCUT2D eigenvalue weighted by atomic mass is 35.5. The van der Waals surface area contributed by atoms with E-state index in [1.54, 1.807) is 18.9 Å². The summed E-state index contributed by atoms with van der Waals surface area (Å²) in [6.45, 7) is 1.96. The Balaban J connectivity index is 1.97. The van der Waals surface area contributed by atoms with Crippen molar-refractivity contribution in [2.24, 2.45) is 0 Å². The van der Waals surface area contributed by atoms with E-state index < -0.39 is 0 Å². The van der Waals surface area contributed by atoms with Gasteiger partial charge in [0.15, 0.2) is 0 Å². The predicted molar refractivity (Wildman–Crippen MR) is 80.9 cm³/mol. The summed E-state index contributed by atoms with van der Waals surface area (Å²) in [5.41, 5.74) is 0.923. The normalized spacial score (nSPS) is 14.3. The fourth-order valence-electron chi connectivity index (χ4n) is 1.92. The minimum atomic E-state index is 0.491. The molecule has 1 saturated carbocycles. The molecule has 1 heterocycles. The SMILES string of the molecule is COc1ccccc1Sc1nc(C2CC2)nc(Cl)c1C. The van der Waals surface area contributed by atoms with Crippen molar-refractivity contribution in [3.05, 3.63) is 40.8 Å². The minimum absolute atomic E-state index is 0.491. The third kappa shape index (κ3) is 2.76. The van der Waals surface area contributed by atoms with Crippen LogP contribution in [0.4, 0.5) is 0 Å². The number of benzene rings is 1. The Morgan fingerprint density at radius 3 is 2.70 bits per heavy atom. The minimum Gasteiger partial charge on any atom is -0.496 e. The Bertz CT molecular complexity index is 644. The molecule has 2 aromatic rings. The molecule has 0 unspecified atom stereocenters. The summed E-state index contributed by atoms with van der Waals surface area (Å²) in [5.74, 6) is 2.21. The van der Waals surface area contributed by atoms with Crippen LogP contribution in [0.3, 0.4) is 0 Å². The summed E-state index contributed by atoms with van der Waals surface area (Å²) in [7, 11) is 1.68. The second-order valence-corrected chi connectivity index (χ2v) is 6.22. The van der Waals surface area contributed by atoms with Crippen LogP contribution >= 0.6 is 23.4 Å². The van der Waals surface area contributed by atoms with E-state index in [4.69, 9.17) is 16.3 Å². The zero-order chi connectivity index (χ0) is 14.1. The largest absolute Gasteiger partial charge is 0.496 e. The summed E-state index contributed by atoms with van der Waals surface area (Å²) < 4.78 is 5.38. The van der Waals surface area contributed by atoms with Crippen LogP contribution in [0.2, 0.25) is 5.15 Å². The number of rotatable bonds is 4.